The maximum Gasteiger partial charge on any atom is 0.416 e. The standard InChI is InChI=1S/C35H35ClF3N3O4S/c1-24(2)40-34(44)32(20-26-10-6-4-7-11-26)41(22-27-16-14-25(3)15-17-27)33(43)23-42(47(45,46)29-12-8-5-9-13-29)31-21-28(35(37,38)39)18-19-30(31)36/h4-19,21,24,32H,20,22-23H2,1-3H3,(H,40,44)/t32-/m0/s1. The van der Waals surface area contributed by atoms with Gasteiger partial charge in [-0.05, 0) is 62.2 Å². The minimum atomic E-state index is -4.82. The van der Waals surface area contributed by atoms with Gasteiger partial charge >= 0.3 is 6.18 Å². The number of amides is 2. The first-order valence-electron chi connectivity index (χ1n) is 14.8. The molecule has 0 fully saturated rings. The van der Waals surface area contributed by atoms with Crippen LogP contribution < -0.4 is 9.62 Å². The zero-order valence-corrected chi connectivity index (χ0v) is 27.6. The van der Waals surface area contributed by atoms with Crippen molar-refractivity contribution in [3.63, 3.8) is 0 Å². The zero-order chi connectivity index (χ0) is 34.4. The minimum Gasteiger partial charge on any atom is -0.352 e. The zero-order valence-electron chi connectivity index (χ0n) is 26.0. The molecule has 0 radical (unpaired) electrons. The van der Waals surface area contributed by atoms with Gasteiger partial charge in [-0.1, -0.05) is 90.0 Å². The van der Waals surface area contributed by atoms with E-state index in [4.69, 9.17) is 11.6 Å². The SMILES string of the molecule is Cc1ccc(CN(C(=O)CN(c2cc(C(F)(F)F)ccc2Cl)S(=O)(=O)c2ccccc2)[C@@H](Cc2ccccc2)C(=O)NC(C)C)cc1. The summed E-state index contributed by atoms with van der Waals surface area (Å²) in [7, 11) is -4.64. The number of carbonyl (C=O) groups excluding carboxylic acids is 2. The molecule has 0 unspecified atom stereocenters. The van der Waals surface area contributed by atoms with Gasteiger partial charge in [0.1, 0.15) is 12.6 Å². The molecular weight excluding hydrogens is 651 g/mol. The molecule has 4 aromatic carbocycles. The Morgan fingerprint density at radius 3 is 2.02 bits per heavy atom. The Balaban J connectivity index is 1.87. The quantitative estimate of drug-likeness (QED) is 0.174. The topological polar surface area (TPSA) is 86.8 Å². The molecule has 0 aliphatic rings. The summed E-state index contributed by atoms with van der Waals surface area (Å²) >= 11 is 6.36. The number of sulfonamides is 1. The van der Waals surface area contributed by atoms with Crippen LogP contribution in [0.3, 0.4) is 0 Å². The number of aryl methyl sites for hydroxylation is 1. The van der Waals surface area contributed by atoms with Crippen LogP contribution >= 0.6 is 11.6 Å². The summed E-state index contributed by atoms with van der Waals surface area (Å²) in [5, 5.41) is 2.55. The molecular formula is C35H35ClF3N3O4S. The number of carbonyl (C=O) groups is 2. The van der Waals surface area contributed by atoms with Crippen LogP contribution in [-0.2, 0) is 38.8 Å². The van der Waals surface area contributed by atoms with Gasteiger partial charge in [-0.25, -0.2) is 8.42 Å². The lowest BCUT2D eigenvalue weighted by atomic mass is 10.0. The Morgan fingerprint density at radius 2 is 1.45 bits per heavy atom. The normalized spacial score (nSPS) is 12.4. The lowest BCUT2D eigenvalue weighted by molar-refractivity contribution is -0.140. The molecule has 248 valence electrons. The van der Waals surface area contributed by atoms with Crippen molar-refractivity contribution in [1.82, 2.24) is 10.2 Å². The smallest absolute Gasteiger partial charge is 0.352 e. The molecule has 12 heteroatoms. The van der Waals surface area contributed by atoms with E-state index in [1.165, 1.54) is 29.2 Å². The van der Waals surface area contributed by atoms with Gasteiger partial charge < -0.3 is 10.2 Å². The van der Waals surface area contributed by atoms with Gasteiger partial charge in [0, 0.05) is 19.0 Å². The molecule has 0 saturated carbocycles. The average molecular weight is 686 g/mol. The van der Waals surface area contributed by atoms with Gasteiger partial charge in [0.15, 0.2) is 0 Å². The van der Waals surface area contributed by atoms with Crippen molar-refractivity contribution in [2.24, 2.45) is 0 Å². The first-order chi connectivity index (χ1) is 22.2. The number of anilines is 1. The van der Waals surface area contributed by atoms with E-state index in [0.29, 0.717) is 15.9 Å². The van der Waals surface area contributed by atoms with Crippen LogP contribution in [0.15, 0.2) is 108 Å². The number of hydrogen-bond acceptors (Lipinski definition) is 4. The lowest BCUT2D eigenvalue weighted by Gasteiger charge is -2.34. The van der Waals surface area contributed by atoms with Gasteiger partial charge in [0.25, 0.3) is 10.0 Å². The molecule has 0 aromatic heterocycles. The number of nitrogens with zero attached hydrogens (tertiary/aromatic N) is 2. The van der Waals surface area contributed by atoms with Crippen molar-refractivity contribution in [1.29, 1.82) is 0 Å². The number of halogens is 4. The highest BCUT2D eigenvalue weighted by Crippen LogP contribution is 2.37. The number of rotatable bonds is 12. The Kier molecular flexibility index (Phi) is 11.4. The molecule has 2 amide bonds. The monoisotopic (exact) mass is 685 g/mol. The van der Waals surface area contributed by atoms with E-state index in [9.17, 15) is 31.2 Å². The van der Waals surface area contributed by atoms with Crippen LogP contribution in [0.4, 0.5) is 18.9 Å². The van der Waals surface area contributed by atoms with Crippen LogP contribution in [0.5, 0.6) is 0 Å². The Morgan fingerprint density at radius 1 is 0.851 bits per heavy atom. The molecule has 7 nitrogen and oxygen atoms in total. The molecule has 0 heterocycles. The van der Waals surface area contributed by atoms with Crippen molar-refractivity contribution in [2.45, 2.75) is 56.9 Å². The van der Waals surface area contributed by atoms with Crippen molar-refractivity contribution < 1.29 is 31.2 Å². The lowest BCUT2D eigenvalue weighted by Crippen LogP contribution is -2.54. The van der Waals surface area contributed by atoms with E-state index in [0.717, 1.165) is 23.3 Å². The summed E-state index contributed by atoms with van der Waals surface area (Å²) in [6, 6.07) is 24.2. The number of hydrogen-bond donors (Lipinski definition) is 1. The fourth-order valence-corrected chi connectivity index (χ4v) is 6.65. The summed E-state index contributed by atoms with van der Waals surface area (Å²) in [6.45, 7) is 4.41. The highest BCUT2D eigenvalue weighted by Gasteiger charge is 2.37. The van der Waals surface area contributed by atoms with Gasteiger partial charge in [-0.2, -0.15) is 13.2 Å². The molecule has 0 aliphatic heterocycles. The van der Waals surface area contributed by atoms with Gasteiger partial charge in [0.05, 0.1) is 21.2 Å². The van der Waals surface area contributed by atoms with E-state index in [2.05, 4.69) is 5.32 Å². The van der Waals surface area contributed by atoms with Crippen molar-refractivity contribution in [3.05, 3.63) is 130 Å². The molecule has 47 heavy (non-hydrogen) atoms. The summed E-state index contributed by atoms with van der Waals surface area (Å²) < 4.78 is 70.2. The summed E-state index contributed by atoms with van der Waals surface area (Å²) in [5.74, 6) is -1.29. The van der Waals surface area contributed by atoms with Crippen LogP contribution in [0, 0.1) is 6.92 Å². The predicted octanol–water partition coefficient (Wildman–Crippen LogP) is 7.03. The van der Waals surface area contributed by atoms with Crippen LogP contribution in [0.2, 0.25) is 5.02 Å². The second-order valence-electron chi connectivity index (χ2n) is 11.4. The third kappa shape index (κ3) is 9.14. The maximum absolute atomic E-state index is 14.5. The molecule has 0 bridgehead atoms. The fourth-order valence-electron chi connectivity index (χ4n) is 4.94. The van der Waals surface area contributed by atoms with Crippen molar-refractivity contribution in [2.75, 3.05) is 10.8 Å². The summed E-state index contributed by atoms with van der Waals surface area (Å²) in [4.78, 5) is 29.2. The van der Waals surface area contributed by atoms with Gasteiger partial charge in [-0.3, -0.25) is 13.9 Å². The maximum atomic E-state index is 14.5. The van der Waals surface area contributed by atoms with Gasteiger partial charge in [-0.15, -0.1) is 0 Å². The minimum absolute atomic E-state index is 0.0856. The highest BCUT2D eigenvalue weighted by molar-refractivity contribution is 7.92. The van der Waals surface area contributed by atoms with Crippen LogP contribution in [0.25, 0.3) is 0 Å². The molecule has 1 N–H and O–H groups in total. The van der Waals surface area contributed by atoms with E-state index in [1.54, 1.807) is 56.3 Å². The molecule has 1 atom stereocenters. The molecule has 0 aliphatic carbocycles. The number of alkyl halides is 3. The third-order valence-corrected chi connectivity index (χ3v) is 9.42. The van der Waals surface area contributed by atoms with E-state index in [1.807, 2.05) is 25.1 Å². The van der Waals surface area contributed by atoms with Gasteiger partial charge in [0.2, 0.25) is 11.8 Å². The molecule has 4 rings (SSSR count). The molecule has 0 saturated heterocycles. The Hall–Kier alpha value is -4.35. The van der Waals surface area contributed by atoms with E-state index >= 15 is 0 Å². The highest BCUT2D eigenvalue weighted by atomic mass is 35.5. The largest absolute Gasteiger partial charge is 0.416 e. The average Bonchev–Trinajstić information content (AvgIpc) is 3.02. The first kappa shape index (κ1) is 35.5. The van der Waals surface area contributed by atoms with Crippen LogP contribution in [0.1, 0.15) is 36.1 Å². The Labute approximate surface area is 278 Å². The number of nitrogens with one attached hydrogen (secondary N) is 1. The molecule has 4 aromatic rings. The van der Waals surface area contributed by atoms with E-state index < -0.39 is 51.9 Å². The van der Waals surface area contributed by atoms with Crippen molar-refractivity contribution >= 4 is 39.1 Å². The van der Waals surface area contributed by atoms with Crippen molar-refractivity contribution in [3.8, 4) is 0 Å². The summed E-state index contributed by atoms with van der Waals surface area (Å²) in [6.07, 6.45) is -4.73. The summed E-state index contributed by atoms with van der Waals surface area (Å²) in [5.41, 5.74) is 0.693. The second-order valence-corrected chi connectivity index (χ2v) is 13.6. The second kappa shape index (κ2) is 15.0. The molecule has 0 spiro atoms. The fraction of sp³-hybridized carbons (Fsp3) is 0.257. The predicted molar refractivity (Wildman–Crippen MR) is 176 cm³/mol. The third-order valence-electron chi connectivity index (χ3n) is 7.33. The first-order valence-corrected chi connectivity index (χ1v) is 16.6. The number of benzene rings is 4. The van der Waals surface area contributed by atoms with Crippen LogP contribution in [-0.4, -0.2) is 43.8 Å². The Bertz CT molecular complexity index is 1790. The van der Waals surface area contributed by atoms with E-state index in [-0.39, 0.29) is 28.9 Å².